The molecule has 1 fully saturated rings. The molecule has 0 spiro atoms. The van der Waals surface area contributed by atoms with Crippen molar-refractivity contribution in [2.75, 3.05) is 22.5 Å². The number of fused-ring (bicyclic) bond motifs is 3. The maximum atomic E-state index is 11.8. The molecular formula is C11H12ClN3O. The van der Waals surface area contributed by atoms with Gasteiger partial charge in [0.15, 0.2) is 0 Å². The van der Waals surface area contributed by atoms with Crippen LogP contribution in [0.2, 0.25) is 5.02 Å². The SMILES string of the molecule is Nc1cc2c(cc1Cl)N1CCC[C@H]1C(=O)N2. The summed E-state index contributed by atoms with van der Waals surface area (Å²) in [5.74, 6) is 0.0618. The van der Waals surface area contributed by atoms with E-state index in [4.69, 9.17) is 17.3 Å². The molecule has 0 aliphatic carbocycles. The molecule has 16 heavy (non-hydrogen) atoms. The van der Waals surface area contributed by atoms with Gasteiger partial charge in [-0.2, -0.15) is 0 Å². The molecule has 0 radical (unpaired) electrons. The van der Waals surface area contributed by atoms with Gasteiger partial charge in [0.05, 0.1) is 22.1 Å². The number of anilines is 3. The highest BCUT2D eigenvalue weighted by atomic mass is 35.5. The van der Waals surface area contributed by atoms with Crippen LogP contribution in [0, 0.1) is 0 Å². The lowest BCUT2D eigenvalue weighted by Crippen LogP contribution is -2.43. The third kappa shape index (κ3) is 1.26. The smallest absolute Gasteiger partial charge is 0.247 e. The zero-order valence-electron chi connectivity index (χ0n) is 8.66. The minimum absolute atomic E-state index is 0.0350. The van der Waals surface area contributed by atoms with Crippen LogP contribution in [0.3, 0.4) is 0 Å². The molecule has 2 heterocycles. The maximum Gasteiger partial charge on any atom is 0.247 e. The molecule has 1 aromatic carbocycles. The van der Waals surface area contributed by atoms with Gasteiger partial charge in [0.1, 0.15) is 6.04 Å². The molecule has 1 atom stereocenters. The summed E-state index contributed by atoms with van der Waals surface area (Å²) in [7, 11) is 0. The van der Waals surface area contributed by atoms with E-state index in [0.29, 0.717) is 10.7 Å². The van der Waals surface area contributed by atoms with Gasteiger partial charge in [-0.25, -0.2) is 0 Å². The summed E-state index contributed by atoms with van der Waals surface area (Å²) >= 11 is 6.01. The first-order chi connectivity index (χ1) is 7.66. The van der Waals surface area contributed by atoms with Crippen molar-refractivity contribution < 1.29 is 4.79 Å². The largest absolute Gasteiger partial charge is 0.397 e. The number of carbonyl (C=O) groups is 1. The van der Waals surface area contributed by atoms with Crippen LogP contribution >= 0.6 is 11.6 Å². The van der Waals surface area contributed by atoms with Crippen molar-refractivity contribution in [2.45, 2.75) is 18.9 Å². The van der Waals surface area contributed by atoms with E-state index >= 15 is 0 Å². The Bertz CT molecular complexity index is 475. The Labute approximate surface area is 98.4 Å². The van der Waals surface area contributed by atoms with Gasteiger partial charge in [-0.3, -0.25) is 4.79 Å². The summed E-state index contributed by atoms with van der Waals surface area (Å²) in [5.41, 5.74) is 7.98. The highest BCUT2D eigenvalue weighted by molar-refractivity contribution is 6.33. The fourth-order valence-electron chi connectivity index (χ4n) is 2.46. The van der Waals surface area contributed by atoms with Gasteiger partial charge in [0.2, 0.25) is 5.91 Å². The van der Waals surface area contributed by atoms with Gasteiger partial charge >= 0.3 is 0 Å². The third-order valence-electron chi connectivity index (χ3n) is 3.24. The Balaban J connectivity index is 2.14. The number of nitrogens with one attached hydrogen (secondary N) is 1. The second kappa shape index (κ2) is 3.28. The summed E-state index contributed by atoms with van der Waals surface area (Å²) in [6.07, 6.45) is 1.95. The van der Waals surface area contributed by atoms with Crippen molar-refractivity contribution in [3.05, 3.63) is 17.2 Å². The molecule has 3 rings (SSSR count). The van der Waals surface area contributed by atoms with E-state index in [0.717, 1.165) is 30.8 Å². The molecular weight excluding hydrogens is 226 g/mol. The number of carbonyl (C=O) groups excluding carboxylic acids is 1. The lowest BCUT2D eigenvalue weighted by molar-refractivity contribution is -0.117. The molecule has 4 nitrogen and oxygen atoms in total. The van der Waals surface area contributed by atoms with Crippen LogP contribution in [0.25, 0.3) is 0 Å². The van der Waals surface area contributed by atoms with Crippen molar-refractivity contribution in [1.82, 2.24) is 0 Å². The molecule has 3 N–H and O–H groups in total. The number of halogens is 1. The molecule has 0 unspecified atom stereocenters. The number of hydrogen-bond acceptors (Lipinski definition) is 3. The Morgan fingerprint density at radius 1 is 1.50 bits per heavy atom. The Morgan fingerprint density at radius 3 is 3.12 bits per heavy atom. The molecule has 0 aromatic heterocycles. The van der Waals surface area contributed by atoms with Crippen molar-refractivity contribution in [2.24, 2.45) is 0 Å². The minimum Gasteiger partial charge on any atom is -0.397 e. The van der Waals surface area contributed by atoms with Gasteiger partial charge in [-0.05, 0) is 25.0 Å². The molecule has 84 valence electrons. The number of rotatable bonds is 0. The number of nitrogens with two attached hydrogens (primary N) is 1. The van der Waals surface area contributed by atoms with Crippen LogP contribution in [0.15, 0.2) is 12.1 Å². The number of benzene rings is 1. The molecule has 0 saturated carbocycles. The minimum atomic E-state index is -0.0350. The standard InChI is InChI=1S/C11H12ClN3O/c12-6-4-10-8(5-7(6)13)14-11(16)9-2-1-3-15(9)10/h4-5,9H,1-3,13H2,(H,14,16)/t9-/m0/s1. The Hall–Kier alpha value is -1.42. The summed E-state index contributed by atoms with van der Waals surface area (Å²) < 4.78 is 0. The second-order valence-corrected chi connectivity index (χ2v) is 4.64. The van der Waals surface area contributed by atoms with Gasteiger partial charge in [-0.15, -0.1) is 0 Å². The number of amides is 1. The zero-order chi connectivity index (χ0) is 11.3. The molecule has 1 aromatic rings. The summed E-state index contributed by atoms with van der Waals surface area (Å²) in [6, 6.07) is 3.53. The first kappa shape index (κ1) is 9.78. The fraction of sp³-hybridized carbons (Fsp3) is 0.364. The summed E-state index contributed by atoms with van der Waals surface area (Å²) in [4.78, 5) is 13.9. The Morgan fingerprint density at radius 2 is 2.31 bits per heavy atom. The number of nitrogens with zero attached hydrogens (tertiary/aromatic N) is 1. The highest BCUT2D eigenvalue weighted by Gasteiger charge is 2.36. The topological polar surface area (TPSA) is 58.4 Å². The molecule has 0 bridgehead atoms. The average molecular weight is 238 g/mol. The van der Waals surface area contributed by atoms with E-state index in [9.17, 15) is 4.79 Å². The van der Waals surface area contributed by atoms with Gasteiger partial charge in [0, 0.05) is 6.54 Å². The summed E-state index contributed by atoms with van der Waals surface area (Å²) in [6.45, 7) is 0.908. The lowest BCUT2D eigenvalue weighted by atomic mass is 10.1. The zero-order valence-corrected chi connectivity index (χ0v) is 9.42. The quantitative estimate of drug-likeness (QED) is 0.677. The summed E-state index contributed by atoms with van der Waals surface area (Å²) in [5, 5.41) is 3.42. The van der Waals surface area contributed by atoms with E-state index in [2.05, 4.69) is 10.2 Å². The second-order valence-electron chi connectivity index (χ2n) is 4.23. The lowest BCUT2D eigenvalue weighted by Gasteiger charge is -2.33. The van der Waals surface area contributed by atoms with Crippen molar-refractivity contribution in [3.8, 4) is 0 Å². The van der Waals surface area contributed by atoms with E-state index in [-0.39, 0.29) is 11.9 Å². The molecule has 1 saturated heterocycles. The first-order valence-corrected chi connectivity index (χ1v) is 5.71. The Kier molecular flexibility index (Phi) is 2.01. The number of hydrogen-bond donors (Lipinski definition) is 2. The predicted molar refractivity (Wildman–Crippen MR) is 64.9 cm³/mol. The molecule has 5 heteroatoms. The van der Waals surface area contributed by atoms with E-state index < -0.39 is 0 Å². The van der Waals surface area contributed by atoms with Gasteiger partial charge < -0.3 is 16.0 Å². The normalized spacial score (nSPS) is 22.7. The molecule has 1 amide bonds. The fourth-order valence-corrected chi connectivity index (χ4v) is 2.62. The maximum absolute atomic E-state index is 11.8. The van der Waals surface area contributed by atoms with Gasteiger partial charge in [0.25, 0.3) is 0 Å². The monoisotopic (exact) mass is 237 g/mol. The third-order valence-corrected chi connectivity index (χ3v) is 3.57. The predicted octanol–water partition coefficient (Wildman–Crippen LogP) is 1.84. The van der Waals surface area contributed by atoms with Crippen LogP contribution in [0.1, 0.15) is 12.8 Å². The first-order valence-electron chi connectivity index (χ1n) is 5.33. The molecule has 2 aliphatic heterocycles. The highest BCUT2D eigenvalue weighted by Crippen LogP contribution is 2.40. The van der Waals surface area contributed by atoms with Gasteiger partial charge in [-0.1, -0.05) is 11.6 Å². The van der Waals surface area contributed by atoms with E-state index in [1.165, 1.54) is 0 Å². The average Bonchev–Trinajstić information content (AvgIpc) is 2.71. The van der Waals surface area contributed by atoms with Crippen molar-refractivity contribution >= 4 is 34.6 Å². The van der Waals surface area contributed by atoms with Crippen LogP contribution < -0.4 is 16.0 Å². The van der Waals surface area contributed by atoms with Crippen molar-refractivity contribution in [3.63, 3.8) is 0 Å². The number of nitrogen functional groups attached to an aromatic ring is 1. The van der Waals surface area contributed by atoms with E-state index in [1.807, 2.05) is 6.07 Å². The van der Waals surface area contributed by atoms with Crippen LogP contribution in [0.5, 0.6) is 0 Å². The molecule has 2 aliphatic rings. The van der Waals surface area contributed by atoms with Crippen molar-refractivity contribution in [1.29, 1.82) is 0 Å². The van der Waals surface area contributed by atoms with E-state index in [1.54, 1.807) is 6.07 Å². The van der Waals surface area contributed by atoms with Crippen LogP contribution in [0.4, 0.5) is 17.1 Å². The van der Waals surface area contributed by atoms with Crippen LogP contribution in [-0.2, 0) is 4.79 Å². The van der Waals surface area contributed by atoms with Crippen LogP contribution in [-0.4, -0.2) is 18.5 Å².